The molecule has 0 bridgehead atoms. The van der Waals surface area contributed by atoms with Crippen LogP contribution in [0.4, 0.5) is 0 Å². The fourth-order valence-electron chi connectivity index (χ4n) is 2.99. The van der Waals surface area contributed by atoms with Crippen molar-refractivity contribution in [2.75, 3.05) is 6.61 Å². The predicted octanol–water partition coefficient (Wildman–Crippen LogP) is 4.22. The molecule has 0 amide bonds. The third-order valence-corrected chi connectivity index (χ3v) is 4.52. The molecule has 0 fully saturated rings. The van der Waals surface area contributed by atoms with Gasteiger partial charge >= 0.3 is 5.97 Å². The Kier molecular flexibility index (Phi) is 6.54. The van der Waals surface area contributed by atoms with Crippen LogP contribution in [0.3, 0.4) is 0 Å². The normalized spacial score (nSPS) is 10.7. The number of esters is 1. The quantitative estimate of drug-likeness (QED) is 0.422. The van der Waals surface area contributed by atoms with E-state index in [0.717, 1.165) is 18.4 Å². The topological polar surface area (TPSA) is 66.8 Å². The molecule has 6 heteroatoms. The van der Waals surface area contributed by atoms with Crippen molar-refractivity contribution < 1.29 is 19.0 Å². The van der Waals surface area contributed by atoms with Crippen LogP contribution in [0.15, 0.2) is 53.3 Å². The molecule has 29 heavy (non-hydrogen) atoms. The van der Waals surface area contributed by atoms with E-state index in [4.69, 9.17) is 14.2 Å². The smallest absolute Gasteiger partial charge is 0.308 e. The molecule has 152 valence electrons. The number of carbonyl (C=O) groups excluding carboxylic acids is 1. The van der Waals surface area contributed by atoms with Gasteiger partial charge in [0, 0.05) is 25.4 Å². The Morgan fingerprint density at radius 1 is 1.03 bits per heavy atom. The number of aryl methyl sites for hydroxylation is 1. The number of carbonyl (C=O) groups is 1. The molecule has 0 spiro atoms. The van der Waals surface area contributed by atoms with Crippen LogP contribution in [0.1, 0.15) is 32.3 Å². The minimum Gasteiger partial charge on any atom is -0.489 e. The number of fused-ring (bicyclic) bond motifs is 1. The molecular formula is C23H25NO5. The van der Waals surface area contributed by atoms with Gasteiger partial charge in [-0.15, -0.1) is 0 Å². The molecule has 0 saturated carbocycles. The summed E-state index contributed by atoms with van der Waals surface area (Å²) in [4.78, 5) is 24.4. The summed E-state index contributed by atoms with van der Waals surface area (Å²) in [5.41, 5.74) is 1.26. The van der Waals surface area contributed by atoms with Gasteiger partial charge in [0.1, 0.15) is 12.4 Å². The Morgan fingerprint density at radius 3 is 2.48 bits per heavy atom. The van der Waals surface area contributed by atoms with Crippen LogP contribution in [-0.2, 0) is 18.4 Å². The van der Waals surface area contributed by atoms with E-state index in [-0.39, 0.29) is 5.75 Å². The van der Waals surface area contributed by atoms with Gasteiger partial charge in [0.2, 0.25) is 5.75 Å². The molecule has 0 aliphatic carbocycles. The summed E-state index contributed by atoms with van der Waals surface area (Å²) in [7, 11) is 1.63. The third-order valence-electron chi connectivity index (χ3n) is 4.52. The highest BCUT2D eigenvalue weighted by Crippen LogP contribution is 2.34. The molecule has 0 N–H and O–H groups in total. The zero-order valence-corrected chi connectivity index (χ0v) is 16.9. The van der Waals surface area contributed by atoms with Crippen molar-refractivity contribution in [2.45, 2.75) is 33.3 Å². The highest BCUT2D eigenvalue weighted by Gasteiger charge is 2.20. The van der Waals surface area contributed by atoms with Gasteiger partial charge in [0.05, 0.1) is 12.1 Å². The second-order valence-electron chi connectivity index (χ2n) is 6.77. The molecule has 6 nitrogen and oxygen atoms in total. The highest BCUT2D eigenvalue weighted by atomic mass is 16.6. The van der Waals surface area contributed by atoms with E-state index in [1.807, 2.05) is 42.5 Å². The summed E-state index contributed by atoms with van der Waals surface area (Å²) in [5.74, 6) is 0.281. The highest BCUT2D eigenvalue weighted by molar-refractivity contribution is 5.89. The number of hydrogen-bond donors (Lipinski definition) is 0. The largest absolute Gasteiger partial charge is 0.489 e. The van der Waals surface area contributed by atoms with Gasteiger partial charge in [0.15, 0.2) is 5.75 Å². The van der Waals surface area contributed by atoms with Gasteiger partial charge in [-0.1, -0.05) is 43.7 Å². The van der Waals surface area contributed by atoms with E-state index in [2.05, 4.69) is 6.92 Å². The first kappa shape index (κ1) is 20.5. The summed E-state index contributed by atoms with van der Waals surface area (Å²) >= 11 is 0. The van der Waals surface area contributed by atoms with E-state index in [0.29, 0.717) is 35.6 Å². The van der Waals surface area contributed by atoms with Crippen LogP contribution in [0.25, 0.3) is 10.9 Å². The molecular weight excluding hydrogens is 370 g/mol. The summed E-state index contributed by atoms with van der Waals surface area (Å²) < 4.78 is 18.4. The number of rotatable bonds is 8. The minimum absolute atomic E-state index is 0.0819. The number of pyridine rings is 1. The zero-order valence-electron chi connectivity index (χ0n) is 16.9. The van der Waals surface area contributed by atoms with Crippen LogP contribution >= 0.6 is 0 Å². The fraction of sp³-hybridized carbons (Fsp3) is 0.304. The van der Waals surface area contributed by atoms with E-state index >= 15 is 0 Å². The molecule has 3 aromatic rings. The summed E-state index contributed by atoms with van der Waals surface area (Å²) in [6.45, 7) is 4.17. The lowest BCUT2D eigenvalue weighted by molar-refractivity contribution is -0.132. The second-order valence-corrected chi connectivity index (χ2v) is 6.77. The van der Waals surface area contributed by atoms with Crippen molar-refractivity contribution in [3.8, 4) is 17.2 Å². The number of benzene rings is 2. The summed E-state index contributed by atoms with van der Waals surface area (Å²) in [6.07, 6.45) is 1.78. The van der Waals surface area contributed by atoms with E-state index in [9.17, 15) is 9.59 Å². The molecule has 0 aliphatic rings. The van der Waals surface area contributed by atoms with Gasteiger partial charge in [-0.25, -0.2) is 0 Å². The van der Waals surface area contributed by atoms with Gasteiger partial charge < -0.3 is 18.8 Å². The molecule has 1 heterocycles. The standard InChI is InChI=1S/C23H25NO5/c1-4-5-13-27-21-19-12-11-18(28-15-17-9-7-6-8-10-17)14-20(19)24(3)23(26)22(21)29-16(2)25/h6-12,14H,4-5,13,15H2,1-3H3. The Balaban J connectivity index is 2.01. The van der Waals surface area contributed by atoms with E-state index in [1.165, 1.54) is 11.5 Å². The lowest BCUT2D eigenvalue weighted by Crippen LogP contribution is -2.22. The van der Waals surface area contributed by atoms with Crippen molar-refractivity contribution in [2.24, 2.45) is 7.05 Å². The van der Waals surface area contributed by atoms with Gasteiger partial charge in [0.25, 0.3) is 5.56 Å². The summed E-state index contributed by atoms with van der Waals surface area (Å²) in [6, 6.07) is 15.3. The maximum atomic E-state index is 12.8. The Labute approximate surface area is 169 Å². The number of nitrogens with zero attached hydrogens (tertiary/aromatic N) is 1. The van der Waals surface area contributed by atoms with Crippen molar-refractivity contribution in [1.29, 1.82) is 0 Å². The van der Waals surface area contributed by atoms with E-state index < -0.39 is 11.5 Å². The van der Waals surface area contributed by atoms with E-state index in [1.54, 1.807) is 13.1 Å². The summed E-state index contributed by atoms with van der Waals surface area (Å²) in [5, 5.41) is 0.687. The molecule has 0 atom stereocenters. The van der Waals surface area contributed by atoms with Crippen molar-refractivity contribution in [3.05, 3.63) is 64.4 Å². The van der Waals surface area contributed by atoms with Gasteiger partial charge in [-0.2, -0.15) is 0 Å². The Morgan fingerprint density at radius 2 is 1.79 bits per heavy atom. The van der Waals surface area contributed by atoms with Crippen LogP contribution in [0.2, 0.25) is 0 Å². The monoisotopic (exact) mass is 395 g/mol. The SMILES string of the molecule is CCCCOc1c(OC(C)=O)c(=O)n(C)c2cc(OCc3ccccc3)ccc12. The van der Waals surface area contributed by atoms with Crippen molar-refractivity contribution >= 4 is 16.9 Å². The number of unbranched alkanes of at least 4 members (excludes halogenated alkanes) is 1. The first-order valence-electron chi connectivity index (χ1n) is 9.66. The number of ether oxygens (including phenoxy) is 3. The first-order valence-corrected chi connectivity index (χ1v) is 9.66. The number of hydrogen-bond acceptors (Lipinski definition) is 5. The maximum Gasteiger partial charge on any atom is 0.308 e. The average molecular weight is 395 g/mol. The van der Waals surface area contributed by atoms with Crippen LogP contribution in [0, 0.1) is 0 Å². The molecule has 0 unspecified atom stereocenters. The zero-order chi connectivity index (χ0) is 20.8. The molecule has 0 saturated heterocycles. The van der Waals surface area contributed by atoms with Crippen molar-refractivity contribution in [3.63, 3.8) is 0 Å². The lowest BCUT2D eigenvalue weighted by atomic mass is 10.1. The first-order chi connectivity index (χ1) is 14.0. The molecule has 1 aromatic heterocycles. The average Bonchev–Trinajstić information content (AvgIpc) is 2.73. The minimum atomic E-state index is -0.565. The van der Waals surface area contributed by atoms with Gasteiger partial charge in [-0.05, 0) is 24.1 Å². The molecule has 0 aliphatic heterocycles. The van der Waals surface area contributed by atoms with Crippen molar-refractivity contribution in [1.82, 2.24) is 4.57 Å². The lowest BCUT2D eigenvalue weighted by Gasteiger charge is -2.16. The van der Waals surface area contributed by atoms with Crippen LogP contribution in [-0.4, -0.2) is 17.1 Å². The van der Waals surface area contributed by atoms with Gasteiger partial charge in [-0.3, -0.25) is 9.59 Å². The fourth-order valence-corrected chi connectivity index (χ4v) is 2.99. The Hall–Kier alpha value is -3.28. The third kappa shape index (κ3) is 4.77. The second kappa shape index (κ2) is 9.28. The maximum absolute atomic E-state index is 12.8. The molecule has 3 rings (SSSR count). The Bertz CT molecular complexity index is 1060. The van der Waals surface area contributed by atoms with Crippen LogP contribution in [0.5, 0.6) is 17.2 Å². The molecule has 2 aromatic carbocycles. The number of aromatic nitrogens is 1. The van der Waals surface area contributed by atoms with Crippen LogP contribution < -0.4 is 19.8 Å². The predicted molar refractivity (Wildman–Crippen MR) is 112 cm³/mol. The molecule has 0 radical (unpaired) electrons.